The molecule has 0 aliphatic carbocycles. The summed E-state index contributed by atoms with van der Waals surface area (Å²) >= 11 is 0. The van der Waals surface area contributed by atoms with Crippen molar-refractivity contribution in [3.63, 3.8) is 0 Å². The Hall–Kier alpha value is -4.86. The van der Waals surface area contributed by atoms with Gasteiger partial charge in [-0.25, -0.2) is 4.79 Å². The molecular weight excluding hydrogens is 524 g/mol. The molecule has 0 aromatic heterocycles. The van der Waals surface area contributed by atoms with Gasteiger partial charge in [0, 0.05) is 36.7 Å². The molecule has 0 aliphatic heterocycles. The van der Waals surface area contributed by atoms with Crippen molar-refractivity contribution in [3.05, 3.63) is 84.4 Å². The molecule has 10 nitrogen and oxygen atoms in total. The van der Waals surface area contributed by atoms with E-state index in [1.54, 1.807) is 60.5 Å². The summed E-state index contributed by atoms with van der Waals surface area (Å²) in [5, 5.41) is 5.27. The largest absolute Gasteiger partial charge is 0.484 e. The monoisotopic (exact) mass is 560 g/mol. The van der Waals surface area contributed by atoms with Gasteiger partial charge < -0.3 is 29.9 Å². The van der Waals surface area contributed by atoms with Crippen molar-refractivity contribution in [1.29, 1.82) is 0 Å². The van der Waals surface area contributed by atoms with E-state index in [1.807, 2.05) is 44.2 Å². The van der Waals surface area contributed by atoms with E-state index in [4.69, 9.17) is 4.74 Å². The van der Waals surface area contributed by atoms with Crippen LogP contribution in [0.15, 0.2) is 78.9 Å². The van der Waals surface area contributed by atoms with Gasteiger partial charge in [0.05, 0.1) is 20.1 Å². The number of esters is 1. The van der Waals surface area contributed by atoms with Gasteiger partial charge in [-0.2, -0.15) is 0 Å². The molecule has 0 aliphatic rings. The molecule has 3 aromatic rings. The zero-order chi connectivity index (χ0) is 29.8. The molecule has 0 heterocycles. The Kier molecular flexibility index (Phi) is 11.3. The van der Waals surface area contributed by atoms with Gasteiger partial charge in [-0.3, -0.25) is 14.4 Å². The van der Waals surface area contributed by atoms with Crippen LogP contribution in [0.1, 0.15) is 19.4 Å². The number of hydrogen-bond donors (Lipinski definition) is 2. The van der Waals surface area contributed by atoms with Gasteiger partial charge in [0.1, 0.15) is 5.75 Å². The van der Waals surface area contributed by atoms with E-state index in [0.29, 0.717) is 29.2 Å². The lowest BCUT2D eigenvalue weighted by atomic mass is 10.1. The maximum Gasteiger partial charge on any atom is 0.319 e. The predicted molar refractivity (Wildman–Crippen MR) is 158 cm³/mol. The summed E-state index contributed by atoms with van der Waals surface area (Å²) in [4.78, 5) is 52.9. The van der Waals surface area contributed by atoms with E-state index in [9.17, 15) is 19.2 Å². The fourth-order valence-electron chi connectivity index (χ4n) is 3.92. The van der Waals surface area contributed by atoms with Gasteiger partial charge in [-0.05, 0) is 47.9 Å². The lowest BCUT2D eigenvalue weighted by Gasteiger charge is -2.25. The third-order valence-electron chi connectivity index (χ3n) is 6.02. The number of nitrogens with one attached hydrogen (secondary N) is 2. The summed E-state index contributed by atoms with van der Waals surface area (Å²) in [5.74, 6) is -0.330. The Morgan fingerprint density at radius 2 is 1.56 bits per heavy atom. The van der Waals surface area contributed by atoms with Crippen molar-refractivity contribution in [1.82, 2.24) is 5.32 Å². The Morgan fingerprint density at radius 1 is 0.854 bits per heavy atom. The first-order valence-electron chi connectivity index (χ1n) is 13.2. The summed E-state index contributed by atoms with van der Waals surface area (Å²) in [6.45, 7) is 3.97. The average molecular weight is 561 g/mol. The molecule has 0 radical (unpaired) electrons. The minimum Gasteiger partial charge on any atom is -0.484 e. The second kappa shape index (κ2) is 15.1. The number of carbonyl (C=O) groups excluding carboxylic acids is 4. The molecule has 0 unspecified atom stereocenters. The van der Waals surface area contributed by atoms with Crippen LogP contribution in [0.3, 0.4) is 0 Å². The zero-order valence-corrected chi connectivity index (χ0v) is 23.8. The van der Waals surface area contributed by atoms with Crippen molar-refractivity contribution in [3.8, 4) is 5.75 Å². The number of ether oxygens (including phenoxy) is 2. The number of para-hydroxylation sites is 1. The topological polar surface area (TPSA) is 117 Å². The Bertz CT molecular complexity index is 1350. The second-order valence-corrected chi connectivity index (χ2v) is 9.73. The molecule has 2 N–H and O–H groups in total. The molecule has 41 heavy (non-hydrogen) atoms. The van der Waals surface area contributed by atoms with Crippen LogP contribution in [-0.2, 0) is 25.5 Å². The number of anilines is 3. The normalized spacial score (nSPS) is 10.5. The predicted octanol–water partition coefficient (Wildman–Crippen LogP) is 4.25. The summed E-state index contributed by atoms with van der Waals surface area (Å²) in [6.07, 6.45) is 0.0803. The number of rotatable bonds is 12. The molecule has 3 rings (SSSR count). The highest BCUT2D eigenvalue weighted by molar-refractivity contribution is 5.99. The summed E-state index contributed by atoms with van der Waals surface area (Å²) in [7, 11) is 3.00. The molecule has 10 heteroatoms. The van der Waals surface area contributed by atoms with Crippen LogP contribution < -0.4 is 25.2 Å². The van der Waals surface area contributed by atoms with Gasteiger partial charge in [0.15, 0.2) is 6.61 Å². The number of nitrogens with zero attached hydrogens (tertiary/aromatic N) is 2. The van der Waals surface area contributed by atoms with E-state index in [-0.39, 0.29) is 43.3 Å². The van der Waals surface area contributed by atoms with Crippen molar-refractivity contribution in [2.45, 2.75) is 20.3 Å². The third kappa shape index (κ3) is 9.68. The molecule has 4 amide bonds. The minimum absolute atomic E-state index is 0.0803. The molecule has 0 fully saturated rings. The van der Waals surface area contributed by atoms with Crippen LogP contribution in [0.4, 0.5) is 21.9 Å². The average Bonchev–Trinajstić information content (AvgIpc) is 2.97. The molecule has 0 spiro atoms. The molecule has 3 aromatic carbocycles. The zero-order valence-electron chi connectivity index (χ0n) is 23.8. The number of carbonyl (C=O) groups is 4. The molecule has 0 atom stereocenters. The minimum atomic E-state index is -0.559. The van der Waals surface area contributed by atoms with Crippen LogP contribution in [0.2, 0.25) is 0 Å². The summed E-state index contributed by atoms with van der Waals surface area (Å²) in [6, 6.07) is 22.5. The van der Waals surface area contributed by atoms with Crippen molar-refractivity contribution >= 4 is 40.9 Å². The molecular formula is C31H36N4O6. The number of likely N-dealkylation sites (N-methyl/N-ethyl adjacent to an activating group) is 1. The fourth-order valence-corrected chi connectivity index (χ4v) is 3.92. The van der Waals surface area contributed by atoms with Crippen molar-refractivity contribution in [2.24, 2.45) is 5.92 Å². The summed E-state index contributed by atoms with van der Waals surface area (Å²) < 4.78 is 10.4. The molecule has 216 valence electrons. The van der Waals surface area contributed by atoms with Crippen LogP contribution >= 0.6 is 0 Å². The standard InChI is InChI=1S/C31H36N4O6/c1-22(2)20-35(28(36)19-32-31(39)33-24-11-8-10-23(16-24)17-30(38)40-4)26-14-9-15-27(18-26)41-21-29(37)34(3)25-12-6-5-7-13-25/h5-16,18,22H,17,19-21H2,1-4H3,(H2,32,33,39). The van der Waals surface area contributed by atoms with Crippen molar-refractivity contribution in [2.75, 3.05) is 49.0 Å². The number of hydrogen-bond acceptors (Lipinski definition) is 6. The number of urea groups is 1. The Balaban J connectivity index is 1.60. The first-order valence-corrected chi connectivity index (χ1v) is 13.2. The van der Waals surface area contributed by atoms with Gasteiger partial charge in [0.2, 0.25) is 5.91 Å². The number of methoxy groups -OCH3 is 1. The van der Waals surface area contributed by atoms with E-state index < -0.39 is 6.03 Å². The van der Waals surface area contributed by atoms with Crippen LogP contribution in [-0.4, -0.2) is 57.7 Å². The van der Waals surface area contributed by atoms with Crippen LogP contribution in [0.25, 0.3) is 0 Å². The SMILES string of the molecule is COC(=O)Cc1cccc(NC(=O)NCC(=O)N(CC(C)C)c2cccc(OCC(=O)N(C)c3ccccc3)c2)c1. The maximum atomic E-state index is 13.2. The van der Waals surface area contributed by atoms with Gasteiger partial charge >= 0.3 is 12.0 Å². The lowest BCUT2D eigenvalue weighted by molar-refractivity contribution is -0.139. The highest BCUT2D eigenvalue weighted by atomic mass is 16.5. The number of benzene rings is 3. The quantitative estimate of drug-likeness (QED) is 0.320. The lowest BCUT2D eigenvalue weighted by Crippen LogP contribution is -2.43. The fraction of sp³-hybridized carbons (Fsp3) is 0.290. The molecule has 0 saturated heterocycles. The van der Waals surface area contributed by atoms with E-state index in [2.05, 4.69) is 15.4 Å². The first-order chi connectivity index (χ1) is 19.7. The Labute approximate surface area is 240 Å². The third-order valence-corrected chi connectivity index (χ3v) is 6.02. The Morgan fingerprint density at radius 3 is 2.27 bits per heavy atom. The van der Waals surface area contributed by atoms with E-state index in [1.165, 1.54) is 12.0 Å². The highest BCUT2D eigenvalue weighted by Crippen LogP contribution is 2.23. The van der Waals surface area contributed by atoms with E-state index in [0.717, 1.165) is 5.69 Å². The van der Waals surface area contributed by atoms with Gasteiger partial charge in [-0.15, -0.1) is 0 Å². The first kappa shape index (κ1) is 30.7. The van der Waals surface area contributed by atoms with E-state index >= 15 is 0 Å². The second-order valence-electron chi connectivity index (χ2n) is 9.73. The van der Waals surface area contributed by atoms with Crippen LogP contribution in [0, 0.1) is 5.92 Å². The van der Waals surface area contributed by atoms with Gasteiger partial charge in [-0.1, -0.05) is 50.2 Å². The number of amides is 4. The maximum absolute atomic E-state index is 13.2. The molecule has 0 bridgehead atoms. The smallest absolute Gasteiger partial charge is 0.319 e. The van der Waals surface area contributed by atoms with Gasteiger partial charge in [0.25, 0.3) is 5.91 Å². The molecule has 0 saturated carbocycles. The highest BCUT2D eigenvalue weighted by Gasteiger charge is 2.19. The van der Waals surface area contributed by atoms with Crippen LogP contribution in [0.5, 0.6) is 5.75 Å². The summed E-state index contributed by atoms with van der Waals surface area (Å²) in [5.41, 5.74) is 2.51. The van der Waals surface area contributed by atoms with Crippen molar-refractivity contribution < 1.29 is 28.7 Å².